The standard InChI is InChI=1S/C24H18BrN/c25-19-13-10-17(11-14-19)18-12-15-24-22(16-18)21-8-4-5-9-23(21)26(24)20-6-2-1-3-7-20/h1-6,8-16,20H,7H2. The van der Waals surface area contributed by atoms with E-state index in [1.54, 1.807) is 0 Å². The number of aromatic nitrogens is 1. The first-order valence-electron chi connectivity index (χ1n) is 8.93. The lowest BCUT2D eigenvalue weighted by molar-refractivity contribution is 0.648. The molecule has 26 heavy (non-hydrogen) atoms. The summed E-state index contributed by atoms with van der Waals surface area (Å²) in [5.41, 5.74) is 5.11. The zero-order valence-electron chi connectivity index (χ0n) is 14.3. The molecule has 2 heteroatoms. The number of halogens is 1. The highest BCUT2D eigenvalue weighted by Crippen LogP contribution is 2.36. The van der Waals surface area contributed by atoms with E-state index in [-0.39, 0.29) is 0 Å². The maximum Gasteiger partial charge on any atom is 0.0560 e. The van der Waals surface area contributed by atoms with Crippen LogP contribution in [0.2, 0.25) is 0 Å². The molecule has 1 unspecified atom stereocenters. The molecule has 126 valence electrons. The van der Waals surface area contributed by atoms with Gasteiger partial charge in [-0.05, 0) is 47.9 Å². The van der Waals surface area contributed by atoms with Gasteiger partial charge in [0.05, 0.1) is 6.04 Å². The van der Waals surface area contributed by atoms with Crippen molar-refractivity contribution >= 4 is 37.7 Å². The van der Waals surface area contributed by atoms with Crippen molar-refractivity contribution in [1.82, 2.24) is 4.57 Å². The van der Waals surface area contributed by atoms with Gasteiger partial charge in [0.15, 0.2) is 0 Å². The van der Waals surface area contributed by atoms with Gasteiger partial charge in [-0.3, -0.25) is 0 Å². The highest BCUT2D eigenvalue weighted by molar-refractivity contribution is 9.10. The van der Waals surface area contributed by atoms with Gasteiger partial charge in [0.1, 0.15) is 0 Å². The molecule has 0 aliphatic heterocycles. The molecule has 0 bridgehead atoms. The lowest BCUT2D eigenvalue weighted by Gasteiger charge is -2.18. The van der Waals surface area contributed by atoms with E-state index in [2.05, 4.69) is 112 Å². The number of nitrogens with zero attached hydrogens (tertiary/aromatic N) is 1. The van der Waals surface area contributed by atoms with Gasteiger partial charge >= 0.3 is 0 Å². The summed E-state index contributed by atoms with van der Waals surface area (Å²) in [6.07, 6.45) is 9.88. The van der Waals surface area contributed by atoms with E-state index < -0.39 is 0 Å². The molecule has 4 aromatic rings. The van der Waals surface area contributed by atoms with E-state index in [0.29, 0.717) is 6.04 Å². The molecule has 1 atom stereocenters. The van der Waals surface area contributed by atoms with Crippen molar-refractivity contribution in [3.05, 3.63) is 95.5 Å². The van der Waals surface area contributed by atoms with E-state index in [0.717, 1.165) is 10.9 Å². The smallest absolute Gasteiger partial charge is 0.0560 e. The summed E-state index contributed by atoms with van der Waals surface area (Å²) in [6, 6.07) is 24.5. The van der Waals surface area contributed by atoms with Crippen molar-refractivity contribution in [2.45, 2.75) is 12.5 Å². The second kappa shape index (κ2) is 6.30. The molecule has 0 saturated heterocycles. The van der Waals surface area contributed by atoms with E-state index in [1.165, 1.54) is 32.9 Å². The topological polar surface area (TPSA) is 4.93 Å². The molecule has 0 amide bonds. The molecule has 0 spiro atoms. The van der Waals surface area contributed by atoms with Crippen LogP contribution in [0.1, 0.15) is 12.5 Å². The Hall–Kier alpha value is -2.58. The van der Waals surface area contributed by atoms with Crippen LogP contribution in [0.3, 0.4) is 0 Å². The summed E-state index contributed by atoms with van der Waals surface area (Å²) in [5.74, 6) is 0. The Bertz CT molecular complexity index is 1160. The number of hydrogen-bond acceptors (Lipinski definition) is 0. The molecule has 1 aliphatic rings. The van der Waals surface area contributed by atoms with Gasteiger partial charge in [-0.15, -0.1) is 0 Å². The van der Waals surface area contributed by atoms with Crippen LogP contribution in [-0.4, -0.2) is 4.57 Å². The van der Waals surface area contributed by atoms with Gasteiger partial charge in [0.25, 0.3) is 0 Å². The van der Waals surface area contributed by atoms with Gasteiger partial charge < -0.3 is 4.57 Å². The first-order valence-corrected chi connectivity index (χ1v) is 9.72. The van der Waals surface area contributed by atoms with Crippen LogP contribution in [0, 0.1) is 0 Å². The number of allylic oxidation sites excluding steroid dienone is 4. The Morgan fingerprint density at radius 3 is 2.35 bits per heavy atom. The fourth-order valence-corrected chi connectivity index (χ4v) is 4.21. The van der Waals surface area contributed by atoms with Gasteiger partial charge in [0, 0.05) is 26.3 Å². The van der Waals surface area contributed by atoms with Gasteiger partial charge in [0.2, 0.25) is 0 Å². The highest BCUT2D eigenvalue weighted by Gasteiger charge is 2.17. The minimum atomic E-state index is 0.376. The van der Waals surface area contributed by atoms with E-state index in [9.17, 15) is 0 Å². The molecule has 1 aliphatic carbocycles. The lowest BCUT2D eigenvalue weighted by Crippen LogP contribution is -2.06. The normalized spacial score (nSPS) is 16.6. The molecule has 1 heterocycles. The molecular weight excluding hydrogens is 382 g/mol. The Morgan fingerprint density at radius 1 is 0.769 bits per heavy atom. The summed E-state index contributed by atoms with van der Waals surface area (Å²) >= 11 is 3.52. The number of para-hydroxylation sites is 1. The van der Waals surface area contributed by atoms with Crippen LogP contribution in [0.15, 0.2) is 95.5 Å². The van der Waals surface area contributed by atoms with Crippen molar-refractivity contribution in [1.29, 1.82) is 0 Å². The Kier molecular flexibility index (Phi) is 3.79. The number of hydrogen-bond donors (Lipinski definition) is 0. The minimum Gasteiger partial charge on any atom is -0.333 e. The molecule has 0 fully saturated rings. The van der Waals surface area contributed by atoms with Crippen LogP contribution >= 0.6 is 15.9 Å². The zero-order valence-corrected chi connectivity index (χ0v) is 15.9. The number of benzene rings is 3. The van der Waals surface area contributed by atoms with Crippen LogP contribution < -0.4 is 0 Å². The number of fused-ring (bicyclic) bond motifs is 3. The quantitative estimate of drug-likeness (QED) is 0.333. The monoisotopic (exact) mass is 399 g/mol. The zero-order chi connectivity index (χ0) is 17.5. The fraction of sp³-hybridized carbons (Fsp3) is 0.0833. The Morgan fingerprint density at radius 2 is 1.54 bits per heavy atom. The lowest BCUT2D eigenvalue weighted by atomic mass is 10.0. The second-order valence-electron chi connectivity index (χ2n) is 6.74. The van der Waals surface area contributed by atoms with Crippen molar-refractivity contribution in [3.63, 3.8) is 0 Å². The average Bonchev–Trinajstić information content (AvgIpc) is 3.03. The van der Waals surface area contributed by atoms with Crippen molar-refractivity contribution in [2.75, 3.05) is 0 Å². The predicted molar refractivity (Wildman–Crippen MR) is 115 cm³/mol. The van der Waals surface area contributed by atoms with E-state index in [4.69, 9.17) is 0 Å². The summed E-state index contributed by atoms with van der Waals surface area (Å²) in [6.45, 7) is 0. The van der Waals surface area contributed by atoms with Gasteiger partial charge in [-0.25, -0.2) is 0 Å². The maximum absolute atomic E-state index is 3.52. The largest absolute Gasteiger partial charge is 0.333 e. The van der Waals surface area contributed by atoms with Crippen LogP contribution in [0.5, 0.6) is 0 Å². The highest BCUT2D eigenvalue weighted by atomic mass is 79.9. The third-order valence-corrected chi connectivity index (χ3v) is 5.71. The van der Waals surface area contributed by atoms with Crippen LogP contribution in [-0.2, 0) is 0 Å². The summed E-state index contributed by atoms with van der Waals surface area (Å²) in [4.78, 5) is 0. The molecule has 0 N–H and O–H groups in total. The van der Waals surface area contributed by atoms with E-state index in [1.807, 2.05) is 0 Å². The minimum absolute atomic E-state index is 0.376. The summed E-state index contributed by atoms with van der Waals surface area (Å²) < 4.78 is 3.59. The Labute approximate surface area is 161 Å². The molecular formula is C24H18BrN. The molecule has 0 radical (unpaired) electrons. The predicted octanol–water partition coefficient (Wildman–Crippen LogP) is 7.28. The molecule has 0 saturated carbocycles. The van der Waals surface area contributed by atoms with Crippen molar-refractivity contribution in [2.24, 2.45) is 0 Å². The third-order valence-electron chi connectivity index (χ3n) is 5.18. The average molecular weight is 400 g/mol. The van der Waals surface area contributed by atoms with Gasteiger partial charge in [-0.1, -0.05) is 76.6 Å². The first kappa shape index (κ1) is 15.7. The number of rotatable bonds is 2. The Balaban J connectivity index is 1.76. The molecule has 3 aromatic carbocycles. The first-order chi connectivity index (χ1) is 12.8. The second-order valence-corrected chi connectivity index (χ2v) is 7.66. The van der Waals surface area contributed by atoms with E-state index >= 15 is 0 Å². The van der Waals surface area contributed by atoms with Gasteiger partial charge in [-0.2, -0.15) is 0 Å². The molecule has 5 rings (SSSR count). The third kappa shape index (κ3) is 2.53. The summed E-state index contributed by atoms with van der Waals surface area (Å²) in [7, 11) is 0. The molecule has 1 aromatic heterocycles. The van der Waals surface area contributed by atoms with Crippen molar-refractivity contribution < 1.29 is 0 Å². The SMILES string of the molecule is Brc1ccc(-c2ccc3c(c2)c2ccccc2n3C2C=CC=CC2)cc1. The van der Waals surface area contributed by atoms with Crippen molar-refractivity contribution in [3.8, 4) is 11.1 Å². The fourth-order valence-electron chi connectivity index (χ4n) is 3.94. The molecule has 1 nitrogen and oxygen atoms in total. The van der Waals surface area contributed by atoms with Crippen LogP contribution in [0.4, 0.5) is 0 Å². The summed E-state index contributed by atoms with van der Waals surface area (Å²) in [5, 5.41) is 2.65. The maximum atomic E-state index is 3.52. The van der Waals surface area contributed by atoms with Crippen LogP contribution in [0.25, 0.3) is 32.9 Å².